The van der Waals surface area contributed by atoms with Gasteiger partial charge in [-0.05, 0) is 18.4 Å². The Bertz CT molecular complexity index is 607. The summed E-state index contributed by atoms with van der Waals surface area (Å²) >= 11 is 6.48. The van der Waals surface area contributed by atoms with E-state index in [0.717, 1.165) is 17.5 Å². The molecule has 0 radical (unpaired) electrons. The lowest BCUT2D eigenvalue weighted by Crippen LogP contribution is -2.43. The number of hydrogen-bond donors (Lipinski definition) is 0. The van der Waals surface area contributed by atoms with Gasteiger partial charge in [-0.1, -0.05) is 24.3 Å². The first-order valence-corrected chi connectivity index (χ1v) is 7.71. The lowest BCUT2D eigenvalue weighted by molar-refractivity contribution is -0.199. The average molecular weight is 341 g/mol. The molecule has 0 unspecified atom stereocenters. The first-order chi connectivity index (χ1) is 11.0. The predicted molar refractivity (Wildman–Crippen MR) is 79.9 cm³/mol. The number of benzene rings is 1. The van der Waals surface area contributed by atoms with Crippen molar-refractivity contribution in [3.63, 3.8) is 0 Å². The van der Waals surface area contributed by atoms with Crippen LogP contribution in [0.1, 0.15) is 17.5 Å². The number of alkyl halides is 1. The third-order valence-corrected chi connectivity index (χ3v) is 4.72. The molecule has 124 valence electrons. The highest BCUT2D eigenvalue weighted by Gasteiger charge is 2.60. The molecule has 0 bridgehead atoms. The summed E-state index contributed by atoms with van der Waals surface area (Å²) in [6.45, 7) is 0. The molecule has 0 amide bonds. The number of carbonyl (C=O) groups is 2. The lowest BCUT2D eigenvalue weighted by Gasteiger charge is -2.37. The van der Waals surface area contributed by atoms with Gasteiger partial charge in [0.25, 0.3) is 0 Å². The maximum absolute atomic E-state index is 12.0. The average Bonchev–Trinajstić information content (AvgIpc) is 2.99. The van der Waals surface area contributed by atoms with Crippen molar-refractivity contribution in [1.82, 2.24) is 0 Å². The topological polar surface area (TPSA) is 71.1 Å². The van der Waals surface area contributed by atoms with Crippen molar-refractivity contribution in [2.75, 3.05) is 14.2 Å². The summed E-state index contributed by atoms with van der Waals surface area (Å²) in [4.78, 5) is 24.0. The molecule has 1 heterocycles. The fraction of sp³-hybridized carbons (Fsp3) is 0.500. The highest BCUT2D eigenvalue weighted by atomic mass is 35.5. The molecular formula is C16H17ClO6. The maximum atomic E-state index is 12.0. The van der Waals surface area contributed by atoms with Gasteiger partial charge in [-0.25, -0.2) is 9.59 Å². The van der Waals surface area contributed by atoms with Crippen molar-refractivity contribution in [3.05, 3.63) is 35.4 Å². The summed E-state index contributed by atoms with van der Waals surface area (Å²) in [5.41, 5.74) is 1.74. The van der Waals surface area contributed by atoms with Crippen LogP contribution in [-0.2, 0) is 40.7 Å². The van der Waals surface area contributed by atoms with Crippen LogP contribution in [0.15, 0.2) is 24.3 Å². The molecule has 1 aliphatic heterocycles. The van der Waals surface area contributed by atoms with E-state index in [2.05, 4.69) is 0 Å². The van der Waals surface area contributed by atoms with Gasteiger partial charge < -0.3 is 18.9 Å². The summed E-state index contributed by atoms with van der Waals surface area (Å²) in [6, 6.07) is 7.52. The van der Waals surface area contributed by atoms with Crippen molar-refractivity contribution >= 4 is 23.5 Å². The number of aryl methyl sites for hydroxylation is 1. The van der Waals surface area contributed by atoms with Crippen molar-refractivity contribution in [2.45, 2.75) is 36.2 Å². The molecule has 1 aliphatic carbocycles. The highest BCUT2D eigenvalue weighted by molar-refractivity contribution is 6.21. The minimum absolute atomic E-state index is 0.542. The molecule has 3 rings (SSSR count). The first-order valence-electron chi connectivity index (χ1n) is 7.27. The van der Waals surface area contributed by atoms with Crippen LogP contribution in [0, 0.1) is 0 Å². The lowest BCUT2D eigenvalue weighted by atomic mass is 9.86. The van der Waals surface area contributed by atoms with Crippen LogP contribution < -0.4 is 0 Å². The molecule has 1 aromatic rings. The van der Waals surface area contributed by atoms with Crippen LogP contribution in [0.4, 0.5) is 0 Å². The number of halogens is 1. The number of fused-ring (bicyclic) bond motifs is 2. The van der Waals surface area contributed by atoms with Gasteiger partial charge in [-0.15, -0.1) is 11.6 Å². The SMILES string of the molecule is COC(=O)[C@@H]1OC2(O[C@H]1C(=O)OC)c1ccccc1CC[C@@H]2Cl. The van der Waals surface area contributed by atoms with Gasteiger partial charge in [0.1, 0.15) is 0 Å². The minimum atomic E-state index is -1.37. The van der Waals surface area contributed by atoms with E-state index in [4.69, 9.17) is 30.5 Å². The van der Waals surface area contributed by atoms with Crippen molar-refractivity contribution < 1.29 is 28.5 Å². The summed E-state index contributed by atoms with van der Waals surface area (Å²) in [6.07, 6.45) is -1.08. The van der Waals surface area contributed by atoms with Crippen LogP contribution >= 0.6 is 11.6 Å². The molecule has 23 heavy (non-hydrogen) atoms. The minimum Gasteiger partial charge on any atom is -0.467 e. The molecule has 6 nitrogen and oxygen atoms in total. The molecule has 1 saturated heterocycles. The fourth-order valence-electron chi connectivity index (χ4n) is 3.10. The van der Waals surface area contributed by atoms with Gasteiger partial charge in [0, 0.05) is 5.56 Å². The molecule has 0 N–H and O–H groups in total. The zero-order valence-electron chi connectivity index (χ0n) is 12.8. The summed E-state index contributed by atoms with van der Waals surface area (Å²) < 4.78 is 21.2. The molecule has 1 fully saturated rings. The van der Waals surface area contributed by atoms with Gasteiger partial charge in [0.05, 0.1) is 19.6 Å². The Hall–Kier alpha value is -1.63. The van der Waals surface area contributed by atoms with E-state index in [0.29, 0.717) is 6.42 Å². The molecule has 0 aromatic heterocycles. The van der Waals surface area contributed by atoms with E-state index < -0.39 is 35.3 Å². The standard InChI is InChI=1S/C16H17ClO6/c1-20-14(18)12-13(15(19)21-2)23-16(22-12)10-6-4-3-5-9(10)7-8-11(16)17/h3-6,11-13H,7-8H2,1-2H3/t11-,12+,13+/m0/s1. The summed E-state index contributed by atoms with van der Waals surface area (Å²) in [7, 11) is 2.44. The maximum Gasteiger partial charge on any atom is 0.338 e. The Morgan fingerprint density at radius 3 is 2.26 bits per heavy atom. The van der Waals surface area contributed by atoms with Crippen LogP contribution in [0.5, 0.6) is 0 Å². The predicted octanol–water partition coefficient (Wildman–Crippen LogP) is 1.52. The second-order valence-corrected chi connectivity index (χ2v) is 5.98. The molecule has 1 aromatic carbocycles. The third kappa shape index (κ3) is 2.51. The number of rotatable bonds is 2. The van der Waals surface area contributed by atoms with Gasteiger partial charge in [0.2, 0.25) is 5.79 Å². The second-order valence-electron chi connectivity index (χ2n) is 5.45. The summed E-state index contributed by atoms with van der Waals surface area (Å²) in [5.74, 6) is -2.78. The number of methoxy groups -OCH3 is 2. The molecule has 2 aliphatic rings. The Morgan fingerprint density at radius 2 is 1.70 bits per heavy atom. The number of ether oxygens (including phenoxy) is 4. The first kappa shape index (κ1) is 16.2. The molecule has 7 heteroatoms. The molecular weight excluding hydrogens is 324 g/mol. The Labute approximate surface area is 138 Å². The van der Waals surface area contributed by atoms with Gasteiger partial charge in [0.15, 0.2) is 12.2 Å². The largest absolute Gasteiger partial charge is 0.467 e. The number of hydrogen-bond acceptors (Lipinski definition) is 6. The van der Waals surface area contributed by atoms with E-state index in [1.165, 1.54) is 14.2 Å². The monoisotopic (exact) mass is 340 g/mol. The number of esters is 2. The molecule has 0 saturated carbocycles. The van der Waals surface area contributed by atoms with E-state index in [-0.39, 0.29) is 0 Å². The normalized spacial score (nSPS) is 28.2. The smallest absolute Gasteiger partial charge is 0.338 e. The zero-order valence-corrected chi connectivity index (χ0v) is 13.5. The van der Waals surface area contributed by atoms with Crippen LogP contribution in [0.25, 0.3) is 0 Å². The van der Waals surface area contributed by atoms with Gasteiger partial charge in [-0.3, -0.25) is 0 Å². The van der Waals surface area contributed by atoms with Gasteiger partial charge in [-0.2, -0.15) is 0 Å². The second kappa shape index (κ2) is 6.11. The number of carbonyl (C=O) groups excluding carboxylic acids is 2. The van der Waals surface area contributed by atoms with Gasteiger partial charge >= 0.3 is 11.9 Å². The van der Waals surface area contributed by atoms with Crippen LogP contribution in [-0.4, -0.2) is 43.7 Å². The molecule has 3 atom stereocenters. The zero-order chi connectivity index (χ0) is 16.6. The van der Waals surface area contributed by atoms with Crippen molar-refractivity contribution in [2.24, 2.45) is 0 Å². The Balaban J connectivity index is 2.06. The van der Waals surface area contributed by atoms with E-state index in [9.17, 15) is 9.59 Å². The van der Waals surface area contributed by atoms with Crippen LogP contribution in [0.2, 0.25) is 0 Å². The Morgan fingerprint density at radius 1 is 1.13 bits per heavy atom. The Kier molecular flexibility index (Phi) is 4.31. The third-order valence-electron chi connectivity index (χ3n) is 4.22. The fourth-order valence-corrected chi connectivity index (χ4v) is 3.43. The van der Waals surface area contributed by atoms with Crippen molar-refractivity contribution in [3.8, 4) is 0 Å². The van der Waals surface area contributed by atoms with E-state index in [1.807, 2.05) is 24.3 Å². The van der Waals surface area contributed by atoms with Crippen molar-refractivity contribution in [1.29, 1.82) is 0 Å². The van der Waals surface area contributed by atoms with Crippen LogP contribution in [0.3, 0.4) is 0 Å². The highest BCUT2D eigenvalue weighted by Crippen LogP contribution is 2.48. The summed E-state index contributed by atoms with van der Waals surface area (Å²) in [5, 5.41) is -0.542. The molecule has 1 spiro atoms. The van der Waals surface area contributed by atoms with E-state index >= 15 is 0 Å². The quantitative estimate of drug-likeness (QED) is 0.600. The van der Waals surface area contributed by atoms with E-state index in [1.54, 1.807) is 0 Å².